The fourth-order valence-electron chi connectivity index (χ4n) is 1.70. The van der Waals surface area contributed by atoms with Gasteiger partial charge in [0, 0.05) is 16.6 Å². The minimum Gasteiger partial charge on any atom is -0.362 e. The highest BCUT2D eigenvalue weighted by atomic mass is 79.9. The van der Waals surface area contributed by atoms with Gasteiger partial charge in [-0.05, 0) is 39.0 Å². The van der Waals surface area contributed by atoms with Crippen LogP contribution in [0.1, 0.15) is 26.3 Å². The molecule has 3 heteroatoms. The number of halogens is 1. The van der Waals surface area contributed by atoms with Crippen LogP contribution in [-0.4, -0.2) is 12.1 Å². The third kappa shape index (κ3) is 3.34. The summed E-state index contributed by atoms with van der Waals surface area (Å²) in [4.78, 5) is 2.17. The highest BCUT2D eigenvalue weighted by Gasteiger charge is 2.22. The lowest BCUT2D eigenvalue weighted by atomic mass is 10.0. The second-order valence-corrected chi connectivity index (χ2v) is 5.76. The summed E-state index contributed by atoms with van der Waals surface area (Å²) in [5.41, 5.74) is 1.58. The normalized spacial score (nSPS) is 10.8. The molecule has 1 aromatic carbocycles. The predicted molar refractivity (Wildman–Crippen MR) is 76.2 cm³/mol. The van der Waals surface area contributed by atoms with Crippen LogP contribution in [0.5, 0.6) is 0 Å². The third-order valence-corrected chi connectivity index (χ3v) is 2.98. The highest BCUT2D eigenvalue weighted by molar-refractivity contribution is 9.10. The van der Waals surface area contributed by atoms with Crippen LogP contribution in [0.4, 0.5) is 5.69 Å². The van der Waals surface area contributed by atoms with E-state index in [4.69, 9.17) is 0 Å². The minimum atomic E-state index is -0.0480. The molecule has 0 heterocycles. The first-order valence-corrected chi connectivity index (χ1v) is 6.27. The van der Waals surface area contributed by atoms with Crippen LogP contribution in [0.25, 0.3) is 0 Å². The Balaban J connectivity index is 3.29. The van der Waals surface area contributed by atoms with E-state index in [9.17, 15) is 5.26 Å². The molecule has 1 aromatic rings. The quantitative estimate of drug-likeness (QED) is 0.784. The lowest BCUT2D eigenvalue weighted by Gasteiger charge is -2.37. The molecule has 0 saturated carbocycles. The smallest absolute Gasteiger partial charge is 0.101 e. The standard InChI is InChI=1S/C14H17BrN2/c1-5-8-17(14(2,3)4)13-7-6-12(15)9-11(13)10-16/h5-7,9H,1,8H2,2-4H3. The molecule has 1 rings (SSSR count). The molecular weight excluding hydrogens is 276 g/mol. The van der Waals surface area contributed by atoms with Gasteiger partial charge in [0.25, 0.3) is 0 Å². The molecule has 90 valence electrons. The molecule has 0 N–H and O–H groups in total. The van der Waals surface area contributed by atoms with Gasteiger partial charge in [0.05, 0.1) is 11.3 Å². The molecule has 2 nitrogen and oxygen atoms in total. The molecular formula is C14H17BrN2. The fraction of sp³-hybridized carbons (Fsp3) is 0.357. The van der Waals surface area contributed by atoms with E-state index in [1.807, 2.05) is 24.3 Å². The Bertz CT molecular complexity index is 452. The number of nitriles is 1. The van der Waals surface area contributed by atoms with Crippen LogP contribution in [0.3, 0.4) is 0 Å². The SMILES string of the molecule is C=CCN(c1ccc(Br)cc1C#N)C(C)(C)C. The van der Waals surface area contributed by atoms with Crippen LogP contribution < -0.4 is 4.90 Å². The molecule has 0 amide bonds. The Morgan fingerprint density at radius 3 is 2.59 bits per heavy atom. The molecule has 17 heavy (non-hydrogen) atoms. The molecule has 0 radical (unpaired) electrons. The van der Waals surface area contributed by atoms with Crippen molar-refractivity contribution >= 4 is 21.6 Å². The van der Waals surface area contributed by atoms with Gasteiger partial charge in [-0.25, -0.2) is 0 Å². The number of rotatable bonds is 3. The van der Waals surface area contributed by atoms with Gasteiger partial charge in [0.2, 0.25) is 0 Å². The number of hydrogen-bond donors (Lipinski definition) is 0. The van der Waals surface area contributed by atoms with E-state index in [1.54, 1.807) is 0 Å². The largest absolute Gasteiger partial charge is 0.362 e. The molecule has 0 aliphatic rings. The lowest BCUT2D eigenvalue weighted by molar-refractivity contribution is 0.522. The van der Waals surface area contributed by atoms with Gasteiger partial charge in [0.1, 0.15) is 6.07 Å². The summed E-state index contributed by atoms with van der Waals surface area (Å²) >= 11 is 3.39. The van der Waals surface area contributed by atoms with Crippen LogP contribution in [0, 0.1) is 11.3 Å². The molecule has 0 aliphatic heterocycles. The second-order valence-electron chi connectivity index (χ2n) is 4.84. The molecule has 0 fully saturated rings. The van der Waals surface area contributed by atoms with Crippen molar-refractivity contribution in [1.82, 2.24) is 0 Å². The average Bonchev–Trinajstić information content (AvgIpc) is 2.25. The van der Waals surface area contributed by atoms with E-state index in [0.29, 0.717) is 5.56 Å². The number of nitrogens with zero attached hydrogens (tertiary/aromatic N) is 2. The highest BCUT2D eigenvalue weighted by Crippen LogP contribution is 2.29. The second kappa shape index (κ2) is 5.37. The first-order chi connectivity index (χ1) is 7.90. The average molecular weight is 293 g/mol. The van der Waals surface area contributed by atoms with Gasteiger partial charge >= 0.3 is 0 Å². The van der Waals surface area contributed by atoms with E-state index in [2.05, 4.69) is 54.2 Å². The number of anilines is 1. The zero-order chi connectivity index (χ0) is 13.1. The van der Waals surface area contributed by atoms with Crippen LogP contribution in [-0.2, 0) is 0 Å². The third-order valence-electron chi connectivity index (χ3n) is 2.49. The molecule has 0 unspecified atom stereocenters. The Kier molecular flexibility index (Phi) is 4.36. The zero-order valence-corrected chi connectivity index (χ0v) is 12.1. The van der Waals surface area contributed by atoms with Gasteiger partial charge in [-0.2, -0.15) is 5.26 Å². The van der Waals surface area contributed by atoms with Crippen LogP contribution in [0.2, 0.25) is 0 Å². The summed E-state index contributed by atoms with van der Waals surface area (Å²) in [6.07, 6.45) is 1.86. The van der Waals surface area contributed by atoms with E-state index in [0.717, 1.165) is 16.7 Å². The number of hydrogen-bond acceptors (Lipinski definition) is 2. The van der Waals surface area contributed by atoms with Gasteiger partial charge in [-0.3, -0.25) is 0 Å². The molecule has 0 spiro atoms. The van der Waals surface area contributed by atoms with Crippen molar-refractivity contribution in [2.45, 2.75) is 26.3 Å². The molecule has 0 atom stereocenters. The maximum absolute atomic E-state index is 9.20. The zero-order valence-electron chi connectivity index (χ0n) is 10.5. The van der Waals surface area contributed by atoms with E-state index in [-0.39, 0.29) is 5.54 Å². The lowest BCUT2D eigenvalue weighted by Crippen LogP contribution is -2.42. The Morgan fingerprint density at radius 1 is 1.47 bits per heavy atom. The van der Waals surface area contributed by atoms with Gasteiger partial charge < -0.3 is 4.90 Å². The monoisotopic (exact) mass is 292 g/mol. The molecule has 0 aromatic heterocycles. The Labute approximate surface area is 112 Å². The van der Waals surface area contributed by atoms with E-state index in [1.165, 1.54) is 0 Å². The summed E-state index contributed by atoms with van der Waals surface area (Å²) < 4.78 is 0.922. The van der Waals surface area contributed by atoms with Gasteiger partial charge in [-0.1, -0.05) is 22.0 Å². The van der Waals surface area contributed by atoms with Gasteiger partial charge in [-0.15, -0.1) is 6.58 Å². The van der Waals surface area contributed by atoms with Crippen LogP contribution >= 0.6 is 15.9 Å². The van der Waals surface area contributed by atoms with E-state index < -0.39 is 0 Å². The van der Waals surface area contributed by atoms with Crippen molar-refractivity contribution in [2.24, 2.45) is 0 Å². The molecule has 0 saturated heterocycles. The van der Waals surface area contributed by atoms with Crippen molar-refractivity contribution in [3.05, 3.63) is 40.9 Å². The fourth-order valence-corrected chi connectivity index (χ4v) is 2.06. The van der Waals surface area contributed by atoms with Crippen molar-refractivity contribution in [3.8, 4) is 6.07 Å². The van der Waals surface area contributed by atoms with Crippen molar-refractivity contribution < 1.29 is 0 Å². The van der Waals surface area contributed by atoms with Crippen molar-refractivity contribution in [1.29, 1.82) is 5.26 Å². The maximum Gasteiger partial charge on any atom is 0.101 e. The summed E-state index contributed by atoms with van der Waals surface area (Å²) in [6, 6.07) is 8.01. The van der Waals surface area contributed by atoms with Crippen LogP contribution in [0.15, 0.2) is 35.3 Å². The summed E-state index contributed by atoms with van der Waals surface area (Å²) in [5.74, 6) is 0. The minimum absolute atomic E-state index is 0.0480. The van der Waals surface area contributed by atoms with E-state index >= 15 is 0 Å². The number of benzene rings is 1. The maximum atomic E-state index is 9.20. The van der Waals surface area contributed by atoms with Crippen molar-refractivity contribution in [2.75, 3.05) is 11.4 Å². The molecule has 0 aliphatic carbocycles. The summed E-state index contributed by atoms with van der Waals surface area (Å²) in [7, 11) is 0. The van der Waals surface area contributed by atoms with Crippen molar-refractivity contribution in [3.63, 3.8) is 0 Å². The Morgan fingerprint density at radius 2 is 2.12 bits per heavy atom. The molecule has 0 bridgehead atoms. The van der Waals surface area contributed by atoms with Gasteiger partial charge in [0.15, 0.2) is 0 Å². The Hall–Kier alpha value is -1.27. The topological polar surface area (TPSA) is 27.0 Å². The predicted octanol–water partition coefficient (Wildman–Crippen LogP) is 4.11. The summed E-state index contributed by atoms with van der Waals surface area (Å²) in [6.45, 7) is 10.9. The summed E-state index contributed by atoms with van der Waals surface area (Å²) in [5, 5.41) is 9.20. The first-order valence-electron chi connectivity index (χ1n) is 5.48. The first kappa shape index (κ1) is 13.8.